The minimum absolute atomic E-state index is 0.233. The second-order valence-electron chi connectivity index (χ2n) is 5.74. The molecule has 3 rings (SSSR count). The van der Waals surface area contributed by atoms with Gasteiger partial charge in [-0.15, -0.1) is 0 Å². The highest BCUT2D eigenvalue weighted by Gasteiger charge is 2.24. The maximum absolute atomic E-state index is 12.2. The van der Waals surface area contributed by atoms with Gasteiger partial charge in [-0.1, -0.05) is 6.07 Å². The van der Waals surface area contributed by atoms with E-state index in [9.17, 15) is 4.79 Å². The topological polar surface area (TPSA) is 57.1 Å². The van der Waals surface area contributed by atoms with E-state index in [0.29, 0.717) is 17.4 Å². The zero-order valence-corrected chi connectivity index (χ0v) is 14.6. The SMILES string of the molecule is COc1ccc(C=C2N=C(c3ccc(C)c(C)c3)OC2=O)c(OC)c1. The van der Waals surface area contributed by atoms with Gasteiger partial charge >= 0.3 is 5.97 Å². The Morgan fingerprint density at radius 2 is 1.80 bits per heavy atom. The monoisotopic (exact) mass is 337 g/mol. The van der Waals surface area contributed by atoms with Crippen molar-refractivity contribution in [3.8, 4) is 11.5 Å². The Hall–Kier alpha value is -3.08. The lowest BCUT2D eigenvalue weighted by atomic mass is 10.1. The third-order valence-corrected chi connectivity index (χ3v) is 4.11. The van der Waals surface area contributed by atoms with Crippen molar-refractivity contribution in [2.45, 2.75) is 13.8 Å². The van der Waals surface area contributed by atoms with Crippen LogP contribution in [-0.4, -0.2) is 26.1 Å². The number of hydrogen-bond donors (Lipinski definition) is 0. The summed E-state index contributed by atoms with van der Waals surface area (Å²) >= 11 is 0. The average molecular weight is 337 g/mol. The van der Waals surface area contributed by atoms with Crippen LogP contribution in [0.25, 0.3) is 6.08 Å². The molecule has 0 aromatic heterocycles. The molecule has 0 aliphatic carbocycles. The highest BCUT2D eigenvalue weighted by atomic mass is 16.6. The molecule has 1 aliphatic heterocycles. The van der Waals surface area contributed by atoms with E-state index in [4.69, 9.17) is 14.2 Å². The van der Waals surface area contributed by atoms with Crippen molar-refractivity contribution in [3.63, 3.8) is 0 Å². The minimum atomic E-state index is -0.480. The summed E-state index contributed by atoms with van der Waals surface area (Å²) in [5.41, 5.74) is 4.02. The molecule has 5 heteroatoms. The Bertz CT molecular complexity index is 897. The Morgan fingerprint density at radius 3 is 2.48 bits per heavy atom. The Balaban J connectivity index is 1.97. The molecule has 0 N–H and O–H groups in total. The van der Waals surface area contributed by atoms with E-state index in [2.05, 4.69) is 4.99 Å². The molecule has 0 bridgehead atoms. The minimum Gasteiger partial charge on any atom is -0.497 e. The molecule has 25 heavy (non-hydrogen) atoms. The van der Waals surface area contributed by atoms with Crippen molar-refractivity contribution in [2.24, 2.45) is 4.99 Å². The number of rotatable bonds is 4. The van der Waals surface area contributed by atoms with E-state index in [1.165, 1.54) is 5.56 Å². The number of esters is 1. The van der Waals surface area contributed by atoms with Crippen LogP contribution >= 0.6 is 0 Å². The number of ether oxygens (including phenoxy) is 3. The van der Waals surface area contributed by atoms with E-state index in [-0.39, 0.29) is 5.70 Å². The summed E-state index contributed by atoms with van der Waals surface area (Å²) < 4.78 is 15.8. The predicted molar refractivity (Wildman–Crippen MR) is 96.1 cm³/mol. The second kappa shape index (κ2) is 6.81. The van der Waals surface area contributed by atoms with E-state index in [0.717, 1.165) is 16.7 Å². The smallest absolute Gasteiger partial charge is 0.363 e. The molecule has 2 aromatic carbocycles. The highest BCUT2D eigenvalue weighted by molar-refractivity contribution is 6.13. The summed E-state index contributed by atoms with van der Waals surface area (Å²) in [6.07, 6.45) is 1.65. The van der Waals surface area contributed by atoms with Gasteiger partial charge in [-0.3, -0.25) is 0 Å². The van der Waals surface area contributed by atoms with Crippen molar-refractivity contribution in [1.82, 2.24) is 0 Å². The molecule has 0 spiro atoms. The summed E-state index contributed by atoms with van der Waals surface area (Å²) in [6.45, 7) is 4.04. The first kappa shape index (κ1) is 16.8. The lowest BCUT2D eigenvalue weighted by Gasteiger charge is -2.07. The maximum atomic E-state index is 12.2. The fraction of sp³-hybridized carbons (Fsp3) is 0.200. The number of carbonyl (C=O) groups excluding carboxylic acids is 1. The molecule has 2 aromatic rings. The first-order chi connectivity index (χ1) is 12.0. The third kappa shape index (κ3) is 3.40. The average Bonchev–Trinajstić information content (AvgIpc) is 2.98. The number of methoxy groups -OCH3 is 2. The van der Waals surface area contributed by atoms with E-state index < -0.39 is 5.97 Å². The molecule has 1 aliphatic rings. The molecule has 0 saturated carbocycles. The third-order valence-electron chi connectivity index (χ3n) is 4.11. The van der Waals surface area contributed by atoms with Crippen LogP contribution in [0.1, 0.15) is 22.3 Å². The quantitative estimate of drug-likeness (QED) is 0.631. The molecule has 1 heterocycles. The molecular weight excluding hydrogens is 318 g/mol. The van der Waals surface area contributed by atoms with Crippen LogP contribution in [0.15, 0.2) is 47.1 Å². The van der Waals surface area contributed by atoms with Crippen LogP contribution in [0.4, 0.5) is 0 Å². The van der Waals surface area contributed by atoms with Gasteiger partial charge in [-0.05, 0) is 55.3 Å². The molecule has 0 fully saturated rings. The summed E-state index contributed by atoms with van der Waals surface area (Å²) in [4.78, 5) is 16.5. The standard InChI is InChI=1S/C20H19NO4/c1-12-5-6-15(9-13(12)2)19-21-17(20(22)25-19)10-14-7-8-16(23-3)11-18(14)24-4/h5-11H,1-4H3. The van der Waals surface area contributed by atoms with Gasteiger partial charge in [-0.25, -0.2) is 9.79 Å². The maximum Gasteiger partial charge on any atom is 0.363 e. The second-order valence-corrected chi connectivity index (χ2v) is 5.74. The summed E-state index contributed by atoms with van der Waals surface area (Å²) in [5.74, 6) is 1.10. The summed E-state index contributed by atoms with van der Waals surface area (Å²) in [5, 5.41) is 0. The van der Waals surface area contributed by atoms with Gasteiger partial charge in [0.05, 0.1) is 14.2 Å². The van der Waals surface area contributed by atoms with Crippen LogP contribution < -0.4 is 9.47 Å². The summed E-state index contributed by atoms with van der Waals surface area (Å²) in [7, 11) is 3.15. The van der Waals surface area contributed by atoms with Gasteiger partial charge in [0.25, 0.3) is 0 Å². The van der Waals surface area contributed by atoms with Crippen LogP contribution in [-0.2, 0) is 9.53 Å². The van der Waals surface area contributed by atoms with Gasteiger partial charge in [0.15, 0.2) is 5.70 Å². The fourth-order valence-corrected chi connectivity index (χ4v) is 2.49. The predicted octanol–water partition coefficient (Wildman–Crippen LogP) is 3.67. The molecule has 0 atom stereocenters. The molecule has 0 radical (unpaired) electrons. The summed E-state index contributed by atoms with van der Waals surface area (Å²) in [6, 6.07) is 11.2. The molecule has 0 amide bonds. The molecule has 5 nitrogen and oxygen atoms in total. The number of aryl methyl sites for hydroxylation is 2. The van der Waals surface area contributed by atoms with Crippen molar-refractivity contribution in [2.75, 3.05) is 14.2 Å². The van der Waals surface area contributed by atoms with Crippen molar-refractivity contribution in [1.29, 1.82) is 0 Å². The van der Waals surface area contributed by atoms with Crippen LogP contribution in [0.3, 0.4) is 0 Å². The van der Waals surface area contributed by atoms with Gasteiger partial charge in [0.2, 0.25) is 5.90 Å². The molecule has 0 unspecified atom stereocenters. The van der Waals surface area contributed by atoms with Crippen molar-refractivity contribution < 1.29 is 19.0 Å². The number of carbonyl (C=O) groups is 1. The van der Waals surface area contributed by atoms with Gasteiger partial charge in [-0.2, -0.15) is 0 Å². The van der Waals surface area contributed by atoms with Crippen LogP contribution in [0.5, 0.6) is 11.5 Å². The Labute approximate surface area is 146 Å². The zero-order valence-electron chi connectivity index (χ0n) is 14.6. The van der Waals surface area contributed by atoms with Crippen molar-refractivity contribution >= 4 is 17.9 Å². The molecular formula is C20H19NO4. The number of nitrogens with zero attached hydrogens (tertiary/aromatic N) is 1. The van der Waals surface area contributed by atoms with Crippen LogP contribution in [0.2, 0.25) is 0 Å². The number of cyclic esters (lactones) is 1. The van der Waals surface area contributed by atoms with Crippen molar-refractivity contribution in [3.05, 3.63) is 64.3 Å². The number of benzene rings is 2. The molecule has 0 saturated heterocycles. The lowest BCUT2D eigenvalue weighted by molar-refractivity contribution is -0.129. The largest absolute Gasteiger partial charge is 0.497 e. The van der Waals surface area contributed by atoms with E-state index in [1.54, 1.807) is 32.4 Å². The van der Waals surface area contributed by atoms with E-state index in [1.807, 2.05) is 38.1 Å². The normalized spacial score (nSPS) is 15.1. The van der Waals surface area contributed by atoms with Gasteiger partial charge < -0.3 is 14.2 Å². The van der Waals surface area contributed by atoms with Gasteiger partial charge in [0, 0.05) is 17.2 Å². The first-order valence-corrected chi connectivity index (χ1v) is 7.84. The Kier molecular flexibility index (Phi) is 4.57. The zero-order chi connectivity index (χ0) is 18.0. The Morgan fingerprint density at radius 1 is 1.00 bits per heavy atom. The highest BCUT2D eigenvalue weighted by Crippen LogP contribution is 2.28. The lowest BCUT2D eigenvalue weighted by Crippen LogP contribution is -2.05. The number of hydrogen-bond acceptors (Lipinski definition) is 5. The van der Waals surface area contributed by atoms with E-state index >= 15 is 0 Å². The fourth-order valence-electron chi connectivity index (χ4n) is 2.49. The number of aliphatic imine (C=N–C) groups is 1. The molecule has 128 valence electrons. The first-order valence-electron chi connectivity index (χ1n) is 7.84. The van der Waals surface area contributed by atoms with Gasteiger partial charge in [0.1, 0.15) is 11.5 Å². The van der Waals surface area contributed by atoms with Crippen LogP contribution in [0, 0.1) is 13.8 Å².